The van der Waals surface area contributed by atoms with Crippen LogP contribution in [-0.2, 0) is 30.1 Å². The van der Waals surface area contributed by atoms with Crippen LogP contribution in [0.15, 0.2) is 36.7 Å². The fraction of sp³-hybridized carbons (Fsp3) is 0.500. The van der Waals surface area contributed by atoms with Crippen LogP contribution >= 0.6 is 0 Å². The molecule has 1 unspecified atom stereocenters. The number of aromatic nitrogens is 1. The number of pyridine rings is 1. The summed E-state index contributed by atoms with van der Waals surface area (Å²) in [5.41, 5.74) is 0.590. The highest BCUT2D eigenvalue weighted by atomic mass is 19.1. The summed E-state index contributed by atoms with van der Waals surface area (Å²) in [6.45, 7) is 4.95. The largest absolute Gasteiger partial charge is 0.527 e. The van der Waals surface area contributed by atoms with Crippen LogP contribution in [0.1, 0.15) is 54.1 Å². The molecule has 2 aromatic rings. The fourth-order valence-corrected chi connectivity index (χ4v) is 5.97. The Bertz CT molecular complexity index is 1310. The first-order valence-electron chi connectivity index (χ1n) is 13.5. The molecule has 2 saturated heterocycles. The molecular formula is C28H31FN4O6. The normalized spacial score (nSPS) is 23.5. The van der Waals surface area contributed by atoms with Gasteiger partial charge in [0, 0.05) is 55.3 Å². The number of benzene rings is 1. The van der Waals surface area contributed by atoms with E-state index < -0.39 is 29.0 Å². The molecule has 0 radical (unpaired) electrons. The van der Waals surface area contributed by atoms with Gasteiger partial charge in [-0.15, -0.1) is 5.06 Å². The highest BCUT2D eigenvalue weighted by Crippen LogP contribution is 2.53. The zero-order chi connectivity index (χ0) is 27.2. The van der Waals surface area contributed by atoms with E-state index in [1.807, 2.05) is 17.9 Å². The molecule has 11 heteroatoms. The number of nitrogens with zero attached hydrogens (tertiary/aromatic N) is 4. The van der Waals surface area contributed by atoms with Crippen LogP contribution in [0.25, 0.3) is 0 Å². The number of anilines is 1. The quantitative estimate of drug-likeness (QED) is 0.514. The summed E-state index contributed by atoms with van der Waals surface area (Å²) < 4.78 is 26.2. The van der Waals surface area contributed by atoms with E-state index in [0.29, 0.717) is 69.7 Å². The summed E-state index contributed by atoms with van der Waals surface area (Å²) in [5, 5.41) is 1.55. The Labute approximate surface area is 225 Å². The number of hydrogen-bond donors (Lipinski definition) is 0. The summed E-state index contributed by atoms with van der Waals surface area (Å²) in [4.78, 5) is 50.8. The molecule has 1 aromatic heterocycles. The number of hydroxylamine groups is 2. The van der Waals surface area contributed by atoms with Gasteiger partial charge in [-0.3, -0.25) is 9.78 Å². The number of rotatable bonds is 6. The number of carbonyl (C=O) groups is 3. The van der Waals surface area contributed by atoms with E-state index in [2.05, 4.69) is 4.98 Å². The maximum Gasteiger partial charge on any atom is 0.527 e. The molecule has 3 fully saturated rings. The second-order valence-corrected chi connectivity index (χ2v) is 10.6. The number of ether oxygens (including phenoxy) is 2. The molecule has 1 saturated carbocycles. The molecule has 0 N–H and O–H groups in total. The van der Waals surface area contributed by atoms with Gasteiger partial charge in [0.1, 0.15) is 5.82 Å². The van der Waals surface area contributed by atoms with Crippen LogP contribution in [0.4, 0.5) is 14.9 Å². The van der Waals surface area contributed by atoms with E-state index in [-0.39, 0.29) is 12.5 Å². The van der Waals surface area contributed by atoms with E-state index in [4.69, 9.17) is 14.3 Å². The van der Waals surface area contributed by atoms with Crippen molar-refractivity contribution in [3.8, 4) is 0 Å². The SMILES string of the molecule is CCCOC(=O)ON1CCN(c2ccc(C3(C(=O)N4CCC5(C4)OC(=O)c4cnccc45)CC3)c(F)c2)CC1. The minimum absolute atomic E-state index is 0.120. The molecule has 1 spiro atoms. The van der Waals surface area contributed by atoms with Gasteiger partial charge in [-0.05, 0) is 37.5 Å². The Morgan fingerprint density at radius 1 is 1.08 bits per heavy atom. The lowest BCUT2D eigenvalue weighted by molar-refractivity contribution is -0.134. The Kier molecular flexibility index (Phi) is 6.41. The van der Waals surface area contributed by atoms with Crippen molar-refractivity contribution in [3.05, 3.63) is 59.2 Å². The van der Waals surface area contributed by atoms with Gasteiger partial charge < -0.3 is 24.1 Å². The van der Waals surface area contributed by atoms with Crippen LogP contribution < -0.4 is 4.90 Å². The molecule has 3 aliphatic heterocycles. The van der Waals surface area contributed by atoms with Crippen molar-refractivity contribution in [3.63, 3.8) is 0 Å². The maximum absolute atomic E-state index is 15.5. The van der Waals surface area contributed by atoms with Gasteiger partial charge in [0.2, 0.25) is 5.91 Å². The first-order chi connectivity index (χ1) is 18.8. The summed E-state index contributed by atoms with van der Waals surface area (Å²) in [6.07, 6.45) is 4.80. The Morgan fingerprint density at radius 2 is 1.87 bits per heavy atom. The third-order valence-corrected chi connectivity index (χ3v) is 8.20. The van der Waals surface area contributed by atoms with Crippen molar-refractivity contribution >= 4 is 23.7 Å². The molecule has 1 atom stereocenters. The fourth-order valence-electron chi connectivity index (χ4n) is 5.97. The van der Waals surface area contributed by atoms with Gasteiger partial charge >= 0.3 is 12.1 Å². The Morgan fingerprint density at radius 3 is 2.59 bits per heavy atom. The van der Waals surface area contributed by atoms with Crippen LogP contribution in [-0.4, -0.2) is 78.9 Å². The first-order valence-corrected chi connectivity index (χ1v) is 13.5. The monoisotopic (exact) mass is 538 g/mol. The maximum atomic E-state index is 15.5. The molecule has 39 heavy (non-hydrogen) atoms. The van der Waals surface area contributed by atoms with Crippen molar-refractivity contribution in [2.75, 3.05) is 50.8 Å². The van der Waals surface area contributed by atoms with Crippen LogP contribution in [0.3, 0.4) is 0 Å². The number of likely N-dealkylation sites (tertiary alicyclic amines) is 1. The standard InChI is InChI=1S/C28H31FN4O6/c1-2-15-37-26(36)39-33-13-11-31(12-14-33)19-3-4-22(23(29)16-19)27(6-7-27)25(35)32-10-8-28(18-32)21-5-9-30-17-20(21)24(34)38-28/h3-5,9,16-17H,2,6-8,10-15,18H2,1H3. The predicted molar refractivity (Wildman–Crippen MR) is 136 cm³/mol. The van der Waals surface area contributed by atoms with Gasteiger partial charge in [-0.2, -0.15) is 0 Å². The number of hydrogen-bond acceptors (Lipinski definition) is 9. The van der Waals surface area contributed by atoms with Crippen LogP contribution in [0.2, 0.25) is 0 Å². The zero-order valence-corrected chi connectivity index (χ0v) is 21.9. The van der Waals surface area contributed by atoms with Crippen LogP contribution in [0, 0.1) is 5.82 Å². The van der Waals surface area contributed by atoms with Gasteiger partial charge in [-0.1, -0.05) is 13.0 Å². The molecule has 6 rings (SSSR count). The highest BCUT2D eigenvalue weighted by molar-refractivity contribution is 5.95. The molecule has 1 aliphatic carbocycles. The molecular weight excluding hydrogens is 507 g/mol. The lowest BCUT2D eigenvalue weighted by Crippen LogP contribution is -2.47. The second-order valence-electron chi connectivity index (χ2n) is 10.6. The topological polar surface area (TPSA) is 102 Å². The number of piperazine rings is 1. The number of amides is 1. The van der Waals surface area contributed by atoms with Crippen molar-refractivity contribution in [1.82, 2.24) is 14.9 Å². The molecule has 1 amide bonds. The molecule has 1 aromatic carbocycles. The number of fused-ring (bicyclic) bond motifs is 2. The predicted octanol–water partition coefficient (Wildman–Crippen LogP) is 3.15. The Balaban J connectivity index is 1.11. The van der Waals surface area contributed by atoms with Crippen molar-refractivity contribution in [1.29, 1.82) is 0 Å². The minimum Gasteiger partial charge on any atom is -0.449 e. The van der Waals surface area contributed by atoms with Gasteiger partial charge in [0.25, 0.3) is 0 Å². The summed E-state index contributed by atoms with van der Waals surface area (Å²) in [5.74, 6) is -0.943. The molecule has 4 aliphatic rings. The van der Waals surface area contributed by atoms with Crippen molar-refractivity contribution < 1.29 is 33.1 Å². The summed E-state index contributed by atoms with van der Waals surface area (Å²) in [6, 6.07) is 6.85. The molecule has 10 nitrogen and oxygen atoms in total. The smallest absolute Gasteiger partial charge is 0.449 e. The average molecular weight is 539 g/mol. The van der Waals surface area contributed by atoms with E-state index >= 15 is 4.39 Å². The zero-order valence-electron chi connectivity index (χ0n) is 21.9. The van der Waals surface area contributed by atoms with Gasteiger partial charge in [0.05, 0.1) is 37.2 Å². The molecule has 4 heterocycles. The number of carbonyl (C=O) groups excluding carboxylic acids is 3. The lowest BCUT2D eigenvalue weighted by atomic mass is 9.92. The number of esters is 1. The van der Waals surface area contributed by atoms with Crippen molar-refractivity contribution in [2.24, 2.45) is 0 Å². The third kappa shape index (κ3) is 4.48. The number of halogens is 1. The lowest BCUT2D eigenvalue weighted by Gasteiger charge is -2.34. The molecule has 206 valence electrons. The minimum atomic E-state index is -0.886. The van der Waals surface area contributed by atoms with E-state index in [9.17, 15) is 14.4 Å². The van der Waals surface area contributed by atoms with Crippen molar-refractivity contribution in [2.45, 2.75) is 43.6 Å². The average Bonchev–Trinajstić information content (AvgIpc) is 3.56. The third-order valence-electron chi connectivity index (χ3n) is 8.20. The first kappa shape index (κ1) is 25.5. The van der Waals surface area contributed by atoms with E-state index in [1.54, 1.807) is 28.3 Å². The van der Waals surface area contributed by atoms with Gasteiger partial charge in [0.15, 0.2) is 5.60 Å². The van der Waals surface area contributed by atoms with E-state index in [1.165, 1.54) is 12.3 Å². The Hall–Kier alpha value is -3.73. The van der Waals surface area contributed by atoms with E-state index in [0.717, 1.165) is 17.7 Å². The van der Waals surface area contributed by atoms with Crippen LogP contribution in [0.5, 0.6) is 0 Å². The second kappa shape index (κ2) is 9.78. The van der Waals surface area contributed by atoms with Gasteiger partial charge in [-0.25, -0.2) is 14.0 Å². The summed E-state index contributed by atoms with van der Waals surface area (Å²) in [7, 11) is 0. The molecule has 0 bridgehead atoms. The summed E-state index contributed by atoms with van der Waals surface area (Å²) >= 11 is 0. The highest BCUT2D eigenvalue weighted by Gasteiger charge is 2.58.